The quantitative estimate of drug-likeness (QED) is 0.489. The lowest BCUT2D eigenvalue weighted by atomic mass is 10.2. The maximum absolute atomic E-state index is 9.12. The first-order valence-corrected chi connectivity index (χ1v) is 8.75. The summed E-state index contributed by atoms with van der Waals surface area (Å²) in [4.78, 5) is 9.18. The number of para-hydroxylation sites is 2. The largest absolute Gasteiger partial charge is 0.395 e. The molecule has 2 aromatic carbocycles. The SMILES string of the molecule is Cc1ccccc1Nc1nc(NCCO)nc2c1cnn2-c1ccccc1. The highest BCUT2D eigenvalue weighted by molar-refractivity contribution is 5.90. The van der Waals surface area contributed by atoms with Crippen molar-refractivity contribution in [2.45, 2.75) is 6.92 Å². The van der Waals surface area contributed by atoms with Gasteiger partial charge in [0.05, 0.1) is 23.9 Å². The molecular weight excluding hydrogens is 340 g/mol. The van der Waals surface area contributed by atoms with Gasteiger partial charge in [0.25, 0.3) is 0 Å². The van der Waals surface area contributed by atoms with Crippen LogP contribution in [0.4, 0.5) is 17.5 Å². The maximum atomic E-state index is 9.12. The van der Waals surface area contributed by atoms with Gasteiger partial charge in [0.2, 0.25) is 5.95 Å². The molecule has 0 aliphatic rings. The minimum atomic E-state index is -0.0000996. The van der Waals surface area contributed by atoms with Crippen LogP contribution in [0.1, 0.15) is 5.56 Å². The minimum absolute atomic E-state index is 0.0000996. The van der Waals surface area contributed by atoms with Crippen molar-refractivity contribution < 1.29 is 5.11 Å². The summed E-state index contributed by atoms with van der Waals surface area (Å²) in [7, 11) is 0. The normalized spacial score (nSPS) is 10.9. The number of hydrogen-bond donors (Lipinski definition) is 3. The van der Waals surface area contributed by atoms with Crippen LogP contribution < -0.4 is 10.6 Å². The zero-order chi connectivity index (χ0) is 18.6. The maximum Gasteiger partial charge on any atom is 0.226 e. The van der Waals surface area contributed by atoms with Gasteiger partial charge in [0.15, 0.2) is 5.65 Å². The van der Waals surface area contributed by atoms with Crippen LogP contribution in [0.5, 0.6) is 0 Å². The lowest BCUT2D eigenvalue weighted by molar-refractivity contribution is 0.311. The fraction of sp³-hybridized carbons (Fsp3) is 0.150. The second-order valence-electron chi connectivity index (χ2n) is 6.12. The summed E-state index contributed by atoms with van der Waals surface area (Å²) < 4.78 is 1.78. The van der Waals surface area contributed by atoms with Crippen LogP contribution in [0.3, 0.4) is 0 Å². The highest BCUT2D eigenvalue weighted by atomic mass is 16.3. The van der Waals surface area contributed by atoms with Crippen LogP contribution in [0.2, 0.25) is 0 Å². The zero-order valence-electron chi connectivity index (χ0n) is 14.9. The molecule has 0 saturated heterocycles. The van der Waals surface area contributed by atoms with Crippen LogP contribution in [0.15, 0.2) is 60.8 Å². The fourth-order valence-corrected chi connectivity index (χ4v) is 2.85. The molecule has 4 rings (SSSR count). The molecule has 136 valence electrons. The van der Waals surface area contributed by atoms with Crippen LogP contribution in [-0.4, -0.2) is 38.0 Å². The molecular formula is C20H20N6O. The van der Waals surface area contributed by atoms with Crippen LogP contribution in [-0.2, 0) is 0 Å². The number of rotatable bonds is 6. The number of nitrogens with zero attached hydrogens (tertiary/aromatic N) is 4. The van der Waals surface area contributed by atoms with E-state index in [0.717, 1.165) is 22.3 Å². The van der Waals surface area contributed by atoms with E-state index in [1.165, 1.54) is 0 Å². The Kier molecular flexibility index (Phi) is 4.67. The Morgan fingerprint density at radius 2 is 1.78 bits per heavy atom. The third-order valence-corrected chi connectivity index (χ3v) is 4.22. The van der Waals surface area contributed by atoms with Crippen LogP contribution in [0.25, 0.3) is 16.7 Å². The average molecular weight is 360 g/mol. The predicted octanol–water partition coefficient (Wildman–Crippen LogP) is 3.27. The van der Waals surface area contributed by atoms with Crippen molar-refractivity contribution in [1.82, 2.24) is 19.7 Å². The summed E-state index contributed by atoms with van der Waals surface area (Å²) in [5.74, 6) is 1.10. The first-order chi connectivity index (χ1) is 13.3. The van der Waals surface area contributed by atoms with Gasteiger partial charge in [0.1, 0.15) is 5.82 Å². The number of fused-ring (bicyclic) bond motifs is 1. The monoisotopic (exact) mass is 360 g/mol. The van der Waals surface area contributed by atoms with Gasteiger partial charge in [-0.05, 0) is 30.7 Å². The van der Waals surface area contributed by atoms with E-state index in [1.807, 2.05) is 61.5 Å². The molecule has 0 aliphatic heterocycles. The van der Waals surface area contributed by atoms with E-state index in [-0.39, 0.29) is 6.61 Å². The van der Waals surface area contributed by atoms with Crippen LogP contribution in [0, 0.1) is 6.92 Å². The topological polar surface area (TPSA) is 87.9 Å². The lowest BCUT2D eigenvalue weighted by Crippen LogP contribution is -2.10. The Balaban J connectivity index is 1.84. The molecule has 0 spiro atoms. The van der Waals surface area contributed by atoms with Gasteiger partial charge in [0, 0.05) is 12.2 Å². The van der Waals surface area contributed by atoms with Crippen molar-refractivity contribution in [3.63, 3.8) is 0 Å². The highest BCUT2D eigenvalue weighted by Gasteiger charge is 2.14. The van der Waals surface area contributed by atoms with Gasteiger partial charge in [-0.15, -0.1) is 0 Å². The molecule has 2 heterocycles. The second-order valence-corrected chi connectivity index (χ2v) is 6.12. The average Bonchev–Trinajstić information content (AvgIpc) is 3.13. The highest BCUT2D eigenvalue weighted by Crippen LogP contribution is 2.28. The number of aryl methyl sites for hydroxylation is 1. The van der Waals surface area contributed by atoms with Gasteiger partial charge in [-0.25, -0.2) is 4.68 Å². The lowest BCUT2D eigenvalue weighted by Gasteiger charge is -2.12. The summed E-state index contributed by atoms with van der Waals surface area (Å²) in [6.07, 6.45) is 1.76. The van der Waals surface area contributed by atoms with Gasteiger partial charge < -0.3 is 15.7 Å². The second kappa shape index (κ2) is 7.43. The van der Waals surface area contributed by atoms with Gasteiger partial charge in [-0.2, -0.15) is 15.1 Å². The van der Waals surface area contributed by atoms with Gasteiger partial charge in [-0.3, -0.25) is 0 Å². The van der Waals surface area contributed by atoms with Crippen molar-refractivity contribution in [3.8, 4) is 5.69 Å². The Bertz CT molecular complexity index is 1060. The molecule has 4 aromatic rings. The Morgan fingerprint density at radius 3 is 2.56 bits per heavy atom. The number of aliphatic hydroxyl groups excluding tert-OH is 1. The number of hydrogen-bond acceptors (Lipinski definition) is 6. The molecule has 3 N–H and O–H groups in total. The molecule has 0 aliphatic carbocycles. The zero-order valence-corrected chi connectivity index (χ0v) is 14.9. The first kappa shape index (κ1) is 17.0. The van der Waals surface area contributed by atoms with Crippen molar-refractivity contribution >= 4 is 28.5 Å². The number of aromatic nitrogens is 4. The molecule has 0 unspecified atom stereocenters. The summed E-state index contributed by atoms with van der Waals surface area (Å²) in [5, 5.41) is 20.9. The Morgan fingerprint density at radius 1 is 1.00 bits per heavy atom. The van der Waals surface area contributed by atoms with E-state index in [2.05, 4.69) is 25.7 Å². The third kappa shape index (κ3) is 3.45. The summed E-state index contributed by atoms with van der Waals surface area (Å²) in [6.45, 7) is 2.41. The summed E-state index contributed by atoms with van der Waals surface area (Å²) >= 11 is 0. The van der Waals surface area contributed by atoms with Crippen molar-refractivity contribution in [1.29, 1.82) is 0 Å². The molecule has 27 heavy (non-hydrogen) atoms. The fourth-order valence-electron chi connectivity index (χ4n) is 2.85. The minimum Gasteiger partial charge on any atom is -0.395 e. The predicted molar refractivity (Wildman–Crippen MR) is 107 cm³/mol. The molecule has 2 aromatic heterocycles. The molecule has 7 nitrogen and oxygen atoms in total. The van der Waals surface area contributed by atoms with E-state index in [4.69, 9.17) is 5.11 Å². The number of nitrogens with one attached hydrogen (secondary N) is 2. The molecule has 7 heteroatoms. The molecule has 0 radical (unpaired) electrons. The van der Waals surface area contributed by atoms with E-state index in [0.29, 0.717) is 24.0 Å². The Hall–Kier alpha value is -3.45. The van der Waals surface area contributed by atoms with Gasteiger partial charge in [-0.1, -0.05) is 36.4 Å². The van der Waals surface area contributed by atoms with Crippen molar-refractivity contribution in [2.75, 3.05) is 23.8 Å². The van der Waals surface area contributed by atoms with Crippen molar-refractivity contribution in [3.05, 3.63) is 66.4 Å². The molecule has 0 saturated carbocycles. The smallest absolute Gasteiger partial charge is 0.226 e. The summed E-state index contributed by atoms with van der Waals surface area (Å²) in [5.41, 5.74) is 3.69. The molecule has 0 atom stereocenters. The van der Waals surface area contributed by atoms with Crippen LogP contribution >= 0.6 is 0 Å². The van der Waals surface area contributed by atoms with Crippen molar-refractivity contribution in [2.24, 2.45) is 0 Å². The standard InChI is InChI=1S/C20H20N6O/c1-14-7-5-6-10-17(14)23-18-16-13-22-26(15-8-3-2-4-9-15)19(16)25-20(24-18)21-11-12-27/h2-10,13,27H,11-12H2,1H3,(H2,21,23,24,25). The molecule has 0 fully saturated rings. The number of anilines is 3. The van der Waals surface area contributed by atoms with E-state index < -0.39 is 0 Å². The Labute approximate surface area is 156 Å². The summed E-state index contributed by atoms with van der Waals surface area (Å²) in [6, 6.07) is 17.9. The van der Waals surface area contributed by atoms with Gasteiger partial charge >= 0.3 is 0 Å². The third-order valence-electron chi connectivity index (χ3n) is 4.22. The number of aliphatic hydroxyl groups is 1. The van der Waals surface area contributed by atoms with E-state index in [9.17, 15) is 0 Å². The first-order valence-electron chi connectivity index (χ1n) is 8.75. The molecule has 0 bridgehead atoms. The number of benzene rings is 2. The van der Waals surface area contributed by atoms with E-state index in [1.54, 1.807) is 10.9 Å². The van der Waals surface area contributed by atoms with E-state index >= 15 is 0 Å². The molecule has 0 amide bonds.